The number of hydrogen-bond donors (Lipinski definition) is 0. The van der Waals surface area contributed by atoms with Crippen LogP contribution in [0.1, 0.15) is 11.1 Å². The zero-order valence-electron chi connectivity index (χ0n) is 10.8. The summed E-state index contributed by atoms with van der Waals surface area (Å²) in [6.07, 6.45) is -9.05. The molecular weight excluding hydrogens is 356 g/mol. The Morgan fingerprint density at radius 1 is 0.783 bits per heavy atom. The number of rotatable bonds is 0. The molecule has 2 aromatic rings. The first-order valence-electron chi connectivity index (χ1n) is 5.59. The molecule has 0 heterocycles. The summed E-state index contributed by atoms with van der Waals surface area (Å²) >= 11 is 5.30. The van der Waals surface area contributed by atoms with Crippen molar-refractivity contribution >= 4 is 11.6 Å². The number of alkyl halides is 6. The summed E-state index contributed by atoms with van der Waals surface area (Å²) in [7, 11) is 0. The minimum absolute atomic E-state index is 0.0279. The molecule has 2 aromatic carbocycles. The van der Waals surface area contributed by atoms with Gasteiger partial charge in [0.25, 0.3) is 0 Å². The van der Waals surface area contributed by atoms with Crippen LogP contribution in [0.25, 0.3) is 0 Å². The highest BCUT2D eigenvalue weighted by molar-refractivity contribution is 6.30. The molecule has 23 heavy (non-hydrogen) atoms. The second-order valence-electron chi connectivity index (χ2n) is 3.99. The molecule has 0 unspecified atom stereocenters. The Kier molecular flexibility index (Phi) is 5.98. The van der Waals surface area contributed by atoms with Crippen molar-refractivity contribution in [3.8, 4) is 0 Å². The van der Waals surface area contributed by atoms with E-state index in [2.05, 4.69) is 6.07 Å². The van der Waals surface area contributed by atoms with Crippen molar-refractivity contribution in [3.05, 3.63) is 70.2 Å². The van der Waals surface area contributed by atoms with Crippen molar-refractivity contribution in [2.24, 2.45) is 0 Å². The minimum Gasteiger partial charge on any atom is -0.206 e. The van der Waals surface area contributed by atoms with Gasteiger partial charge in [-0.3, -0.25) is 0 Å². The van der Waals surface area contributed by atoms with Gasteiger partial charge in [0.15, 0.2) is 0 Å². The molecule has 2 radical (unpaired) electrons. The van der Waals surface area contributed by atoms with E-state index < -0.39 is 35.1 Å². The summed E-state index contributed by atoms with van der Waals surface area (Å²) in [4.78, 5) is 0. The molecule has 2 rings (SSSR count). The van der Waals surface area contributed by atoms with Crippen molar-refractivity contribution in [2.75, 3.05) is 0 Å². The van der Waals surface area contributed by atoms with Crippen LogP contribution in [0.15, 0.2) is 30.3 Å². The SMILES string of the molecule is FC(F)(F)c1cc[c]c(Cl)c1.Fc1[c]c(F)cc(C(F)(F)F)c1. The Bertz CT molecular complexity index is 640. The fraction of sp³-hybridized carbons (Fsp3) is 0.143. The van der Waals surface area contributed by atoms with E-state index in [4.69, 9.17) is 11.6 Å². The highest BCUT2D eigenvalue weighted by atomic mass is 35.5. The zero-order valence-corrected chi connectivity index (χ0v) is 11.5. The summed E-state index contributed by atoms with van der Waals surface area (Å²) in [5.74, 6) is -2.72. The third kappa shape index (κ3) is 6.43. The second-order valence-corrected chi connectivity index (χ2v) is 4.39. The van der Waals surface area contributed by atoms with Crippen LogP contribution in [0.3, 0.4) is 0 Å². The molecule has 0 bridgehead atoms. The maximum atomic E-state index is 12.2. The van der Waals surface area contributed by atoms with Gasteiger partial charge in [0.2, 0.25) is 0 Å². The lowest BCUT2D eigenvalue weighted by molar-refractivity contribution is -0.138. The van der Waals surface area contributed by atoms with Crippen LogP contribution in [0.4, 0.5) is 35.1 Å². The van der Waals surface area contributed by atoms with Crippen molar-refractivity contribution < 1.29 is 35.1 Å². The molecule has 0 atom stereocenters. The van der Waals surface area contributed by atoms with Gasteiger partial charge in [-0.1, -0.05) is 17.7 Å². The molecule has 0 saturated heterocycles. The molecule has 0 aliphatic rings. The van der Waals surface area contributed by atoms with Gasteiger partial charge in [0.1, 0.15) is 11.6 Å². The van der Waals surface area contributed by atoms with Crippen molar-refractivity contribution in [1.29, 1.82) is 0 Å². The molecule has 9 heteroatoms. The average molecular weight is 361 g/mol. The third-order valence-electron chi connectivity index (χ3n) is 2.22. The summed E-state index contributed by atoms with van der Waals surface area (Å²) in [6, 6.07) is 7.13. The van der Waals surface area contributed by atoms with Crippen LogP contribution in [0, 0.1) is 23.8 Å². The predicted molar refractivity (Wildman–Crippen MR) is 65.5 cm³/mol. The van der Waals surface area contributed by atoms with Crippen LogP contribution >= 0.6 is 11.6 Å². The normalized spacial score (nSPS) is 11.7. The van der Waals surface area contributed by atoms with E-state index in [0.29, 0.717) is 0 Å². The van der Waals surface area contributed by atoms with Crippen LogP contribution in [-0.4, -0.2) is 0 Å². The molecule has 0 aliphatic carbocycles. The molecule has 0 fully saturated rings. The Balaban J connectivity index is 0.000000231. The Hall–Kier alpha value is -1.83. The fourth-order valence-corrected chi connectivity index (χ4v) is 1.46. The van der Waals surface area contributed by atoms with Gasteiger partial charge in [-0.15, -0.1) is 0 Å². The summed E-state index contributed by atoms with van der Waals surface area (Å²) in [5.41, 5.74) is -2.10. The van der Waals surface area contributed by atoms with Crippen LogP contribution < -0.4 is 0 Å². The maximum absolute atomic E-state index is 12.2. The van der Waals surface area contributed by atoms with Gasteiger partial charge in [0.05, 0.1) is 17.2 Å². The molecule has 0 aliphatic heterocycles. The first kappa shape index (κ1) is 19.2. The van der Waals surface area contributed by atoms with Crippen LogP contribution in [0.5, 0.6) is 0 Å². The first-order chi connectivity index (χ1) is 10.4. The van der Waals surface area contributed by atoms with Crippen LogP contribution in [-0.2, 0) is 12.4 Å². The molecule has 0 amide bonds. The number of halogens is 9. The smallest absolute Gasteiger partial charge is 0.206 e. The predicted octanol–water partition coefficient (Wildman–Crippen LogP) is 5.94. The van der Waals surface area contributed by atoms with Crippen molar-refractivity contribution in [2.45, 2.75) is 12.4 Å². The highest BCUT2D eigenvalue weighted by Crippen LogP contribution is 2.30. The highest BCUT2D eigenvalue weighted by Gasteiger charge is 2.31. The lowest BCUT2D eigenvalue weighted by Gasteiger charge is -2.05. The summed E-state index contributed by atoms with van der Waals surface area (Å²) in [5, 5.41) is -0.0279. The maximum Gasteiger partial charge on any atom is 0.416 e. The molecular formula is C14H5ClF8. The molecule has 0 spiro atoms. The van der Waals surface area contributed by atoms with Crippen LogP contribution in [0.2, 0.25) is 5.02 Å². The zero-order chi connectivity index (χ0) is 17.8. The van der Waals surface area contributed by atoms with E-state index in [1.54, 1.807) is 0 Å². The van der Waals surface area contributed by atoms with Gasteiger partial charge in [0, 0.05) is 11.1 Å². The van der Waals surface area contributed by atoms with E-state index in [1.165, 1.54) is 6.07 Å². The number of benzene rings is 2. The first-order valence-corrected chi connectivity index (χ1v) is 5.97. The van der Waals surface area contributed by atoms with E-state index in [0.717, 1.165) is 18.2 Å². The molecule has 124 valence electrons. The van der Waals surface area contributed by atoms with E-state index in [9.17, 15) is 35.1 Å². The topological polar surface area (TPSA) is 0 Å². The molecule has 0 saturated carbocycles. The Morgan fingerprint density at radius 3 is 1.61 bits per heavy atom. The third-order valence-corrected chi connectivity index (χ3v) is 2.44. The second kappa shape index (κ2) is 7.16. The van der Waals surface area contributed by atoms with Crippen molar-refractivity contribution in [3.63, 3.8) is 0 Å². The fourth-order valence-electron chi connectivity index (χ4n) is 1.28. The monoisotopic (exact) mass is 360 g/mol. The molecule has 0 nitrogen and oxygen atoms in total. The van der Waals surface area contributed by atoms with Crippen molar-refractivity contribution in [1.82, 2.24) is 0 Å². The largest absolute Gasteiger partial charge is 0.416 e. The quantitative estimate of drug-likeness (QED) is 0.510. The molecule has 0 N–H and O–H groups in total. The summed E-state index contributed by atoms with van der Waals surface area (Å²) < 4.78 is 95.4. The van der Waals surface area contributed by atoms with Gasteiger partial charge >= 0.3 is 12.4 Å². The average Bonchev–Trinajstić information content (AvgIpc) is 2.36. The van der Waals surface area contributed by atoms with E-state index in [-0.39, 0.29) is 17.2 Å². The lowest BCUT2D eigenvalue weighted by atomic mass is 10.2. The summed E-state index contributed by atoms with van der Waals surface area (Å²) in [6.45, 7) is 0. The molecule has 0 aromatic heterocycles. The number of hydrogen-bond acceptors (Lipinski definition) is 0. The van der Waals surface area contributed by atoms with E-state index in [1.807, 2.05) is 0 Å². The van der Waals surface area contributed by atoms with Gasteiger partial charge in [-0.2, -0.15) is 26.3 Å². The standard InChI is InChI=1S/C7H3ClF3.C7H2F5/c8-6-3-1-2-5(4-6)7(9,10)11;8-5-1-4(7(10,11)12)2-6(9)3-5/h1-2,4H;1-2H. The van der Waals surface area contributed by atoms with Gasteiger partial charge in [-0.25, -0.2) is 8.78 Å². The van der Waals surface area contributed by atoms with Gasteiger partial charge in [-0.05, 0) is 24.3 Å². The van der Waals surface area contributed by atoms with Gasteiger partial charge < -0.3 is 0 Å². The lowest BCUT2D eigenvalue weighted by Crippen LogP contribution is -2.05. The minimum atomic E-state index is -4.73. The van der Waals surface area contributed by atoms with E-state index >= 15 is 0 Å². The Morgan fingerprint density at radius 2 is 1.26 bits per heavy atom. The Labute approximate surface area is 130 Å².